The summed E-state index contributed by atoms with van der Waals surface area (Å²) in [7, 11) is 0. The van der Waals surface area contributed by atoms with Crippen LogP contribution in [0, 0.1) is 29.6 Å². The van der Waals surface area contributed by atoms with Gasteiger partial charge in [-0.15, -0.1) is 0 Å². The number of carbonyl (C=O) groups excluding carboxylic acids is 1. The molecular formula is C21H28N2O2. The van der Waals surface area contributed by atoms with Gasteiger partial charge in [0, 0.05) is 37.8 Å². The lowest BCUT2D eigenvalue weighted by atomic mass is 9.51. The second kappa shape index (κ2) is 5.93. The van der Waals surface area contributed by atoms with Crippen LogP contribution in [0.1, 0.15) is 32.1 Å². The molecule has 1 aromatic carbocycles. The Hall–Kier alpha value is -1.71. The van der Waals surface area contributed by atoms with Gasteiger partial charge in [0.05, 0.1) is 0 Å². The molecule has 5 aliphatic rings. The van der Waals surface area contributed by atoms with Crippen LogP contribution in [0.5, 0.6) is 5.75 Å². The van der Waals surface area contributed by atoms with Crippen LogP contribution in [0.2, 0.25) is 0 Å². The summed E-state index contributed by atoms with van der Waals surface area (Å²) < 4.78 is 0. The van der Waals surface area contributed by atoms with Gasteiger partial charge in [-0.25, -0.2) is 0 Å². The number of hydrogen-bond donors (Lipinski definition) is 1. The summed E-state index contributed by atoms with van der Waals surface area (Å²) in [6, 6.07) is 7.40. The van der Waals surface area contributed by atoms with Crippen molar-refractivity contribution in [2.75, 3.05) is 31.1 Å². The molecule has 1 heterocycles. The van der Waals surface area contributed by atoms with Crippen molar-refractivity contribution in [3.63, 3.8) is 0 Å². The summed E-state index contributed by atoms with van der Waals surface area (Å²) in [4.78, 5) is 17.7. The number of nitrogens with zero attached hydrogens (tertiary/aromatic N) is 2. The Bertz CT molecular complexity index is 620. The number of rotatable bonds is 2. The largest absolute Gasteiger partial charge is 0.508 e. The second-order valence-corrected chi connectivity index (χ2v) is 8.79. The van der Waals surface area contributed by atoms with Crippen LogP contribution < -0.4 is 4.90 Å². The molecule has 4 aliphatic carbocycles. The number of hydrogen-bond acceptors (Lipinski definition) is 3. The lowest BCUT2D eigenvalue weighted by Crippen LogP contribution is -2.56. The maximum atomic E-state index is 13.3. The fraction of sp³-hybridized carbons (Fsp3) is 0.667. The summed E-state index contributed by atoms with van der Waals surface area (Å²) in [5, 5.41) is 9.44. The average Bonchev–Trinajstić information content (AvgIpc) is 2.61. The highest BCUT2D eigenvalue weighted by Gasteiger charge is 2.51. The van der Waals surface area contributed by atoms with E-state index in [1.807, 2.05) is 12.1 Å². The topological polar surface area (TPSA) is 43.8 Å². The van der Waals surface area contributed by atoms with Crippen LogP contribution >= 0.6 is 0 Å². The molecule has 4 heteroatoms. The average molecular weight is 340 g/mol. The molecule has 4 saturated carbocycles. The molecule has 5 fully saturated rings. The van der Waals surface area contributed by atoms with Gasteiger partial charge in [-0.3, -0.25) is 4.79 Å². The highest BCUT2D eigenvalue weighted by molar-refractivity contribution is 5.80. The van der Waals surface area contributed by atoms with Gasteiger partial charge in [0.1, 0.15) is 5.75 Å². The molecule has 6 rings (SSSR count). The summed E-state index contributed by atoms with van der Waals surface area (Å²) in [6.07, 6.45) is 6.71. The molecule has 4 bridgehead atoms. The monoisotopic (exact) mass is 340 g/mol. The van der Waals surface area contributed by atoms with Crippen LogP contribution in [0.25, 0.3) is 0 Å². The molecule has 4 nitrogen and oxygen atoms in total. The van der Waals surface area contributed by atoms with E-state index in [2.05, 4.69) is 9.80 Å². The first-order valence-electron chi connectivity index (χ1n) is 10.00. The fourth-order valence-corrected chi connectivity index (χ4v) is 6.39. The Morgan fingerprint density at radius 3 is 1.96 bits per heavy atom. The number of piperazine rings is 1. The van der Waals surface area contributed by atoms with Gasteiger partial charge < -0.3 is 14.9 Å². The van der Waals surface area contributed by atoms with E-state index in [1.165, 1.54) is 32.1 Å². The van der Waals surface area contributed by atoms with Crippen LogP contribution in [0.3, 0.4) is 0 Å². The number of carbonyl (C=O) groups is 1. The number of aromatic hydroxyl groups is 1. The molecule has 0 spiro atoms. The van der Waals surface area contributed by atoms with Crippen molar-refractivity contribution in [2.24, 2.45) is 29.6 Å². The molecule has 1 saturated heterocycles. The zero-order valence-corrected chi connectivity index (χ0v) is 14.8. The number of benzene rings is 1. The van der Waals surface area contributed by atoms with E-state index in [0.717, 1.165) is 43.7 Å². The molecule has 1 amide bonds. The molecule has 0 unspecified atom stereocenters. The number of anilines is 1. The van der Waals surface area contributed by atoms with E-state index in [-0.39, 0.29) is 0 Å². The van der Waals surface area contributed by atoms with Crippen molar-refractivity contribution < 1.29 is 9.90 Å². The van der Waals surface area contributed by atoms with E-state index in [4.69, 9.17) is 0 Å². The Morgan fingerprint density at radius 2 is 1.40 bits per heavy atom. The lowest BCUT2D eigenvalue weighted by molar-refractivity contribution is -0.149. The predicted molar refractivity (Wildman–Crippen MR) is 97.4 cm³/mol. The third-order valence-electron chi connectivity index (χ3n) is 7.32. The summed E-state index contributed by atoms with van der Waals surface area (Å²) >= 11 is 0. The molecular weight excluding hydrogens is 312 g/mol. The van der Waals surface area contributed by atoms with Crippen LogP contribution in [0.4, 0.5) is 5.69 Å². The van der Waals surface area contributed by atoms with Crippen LogP contribution in [-0.2, 0) is 4.79 Å². The van der Waals surface area contributed by atoms with Crippen molar-refractivity contribution in [2.45, 2.75) is 32.1 Å². The van der Waals surface area contributed by atoms with Crippen molar-refractivity contribution in [3.05, 3.63) is 24.3 Å². The van der Waals surface area contributed by atoms with Crippen molar-refractivity contribution in [1.82, 2.24) is 4.90 Å². The van der Waals surface area contributed by atoms with E-state index in [9.17, 15) is 9.90 Å². The van der Waals surface area contributed by atoms with Crippen LogP contribution in [-0.4, -0.2) is 42.1 Å². The highest BCUT2D eigenvalue weighted by Crippen LogP contribution is 2.56. The van der Waals surface area contributed by atoms with Gasteiger partial charge >= 0.3 is 0 Å². The number of phenols is 1. The van der Waals surface area contributed by atoms with Gasteiger partial charge in [-0.05, 0) is 80.0 Å². The number of phenolic OH excluding ortho intramolecular Hbond substituents is 1. The SMILES string of the molecule is O=C(C1C2CC3CC(C2)CC1C3)N1CCN(c2ccc(O)cc2)CC1. The minimum absolute atomic E-state index is 0.305. The van der Waals surface area contributed by atoms with Gasteiger partial charge in [0.2, 0.25) is 5.91 Å². The van der Waals surface area contributed by atoms with Crippen molar-refractivity contribution in [3.8, 4) is 5.75 Å². The molecule has 0 aromatic heterocycles. The maximum absolute atomic E-state index is 13.3. The maximum Gasteiger partial charge on any atom is 0.226 e. The molecule has 134 valence electrons. The Morgan fingerprint density at radius 1 is 0.840 bits per heavy atom. The Balaban J connectivity index is 1.23. The lowest BCUT2D eigenvalue weighted by Gasteiger charge is -2.54. The van der Waals surface area contributed by atoms with E-state index < -0.39 is 0 Å². The first-order valence-corrected chi connectivity index (χ1v) is 10.00. The van der Waals surface area contributed by atoms with Gasteiger partial charge in [0.15, 0.2) is 0 Å². The third-order valence-corrected chi connectivity index (χ3v) is 7.32. The fourth-order valence-electron chi connectivity index (χ4n) is 6.39. The molecule has 25 heavy (non-hydrogen) atoms. The number of amides is 1. The highest BCUT2D eigenvalue weighted by atomic mass is 16.3. The second-order valence-electron chi connectivity index (χ2n) is 8.79. The zero-order valence-electron chi connectivity index (χ0n) is 14.8. The van der Waals surface area contributed by atoms with Crippen molar-refractivity contribution >= 4 is 11.6 Å². The van der Waals surface area contributed by atoms with Gasteiger partial charge in [-0.2, -0.15) is 0 Å². The van der Waals surface area contributed by atoms with E-state index >= 15 is 0 Å². The Labute approximate surface area is 149 Å². The summed E-state index contributed by atoms with van der Waals surface area (Å²) in [6.45, 7) is 3.46. The molecule has 1 aromatic rings. The quantitative estimate of drug-likeness (QED) is 0.900. The molecule has 0 radical (unpaired) electrons. The normalized spacial score (nSPS) is 36.7. The summed E-state index contributed by atoms with van der Waals surface area (Å²) in [5.41, 5.74) is 1.14. The minimum atomic E-state index is 0.305. The Kier molecular flexibility index (Phi) is 3.68. The minimum Gasteiger partial charge on any atom is -0.508 e. The molecule has 1 N–H and O–H groups in total. The van der Waals surface area contributed by atoms with E-state index in [0.29, 0.717) is 29.4 Å². The summed E-state index contributed by atoms with van der Waals surface area (Å²) in [5.74, 6) is 4.31. The van der Waals surface area contributed by atoms with Crippen molar-refractivity contribution in [1.29, 1.82) is 0 Å². The smallest absolute Gasteiger partial charge is 0.226 e. The third kappa shape index (κ3) is 2.70. The standard InChI is InChI=1S/C21H28N2O2/c24-19-3-1-18(2-4-19)22-5-7-23(8-6-22)21(25)20-16-10-14-9-15(12-16)13-17(20)11-14/h1-4,14-17,20,24H,5-13H2. The van der Waals surface area contributed by atoms with Gasteiger partial charge in [-0.1, -0.05) is 0 Å². The molecule has 1 aliphatic heterocycles. The molecule has 0 atom stereocenters. The first-order chi connectivity index (χ1) is 12.2. The first kappa shape index (κ1) is 15.5. The van der Waals surface area contributed by atoms with E-state index in [1.54, 1.807) is 12.1 Å². The van der Waals surface area contributed by atoms with Gasteiger partial charge in [0.25, 0.3) is 0 Å². The van der Waals surface area contributed by atoms with Crippen LogP contribution in [0.15, 0.2) is 24.3 Å². The zero-order chi connectivity index (χ0) is 17.0. The predicted octanol–water partition coefficient (Wildman–Crippen LogP) is 3.11.